The van der Waals surface area contributed by atoms with Crippen molar-refractivity contribution in [3.63, 3.8) is 0 Å². The molecule has 1 nitrogen and oxygen atoms in total. The van der Waals surface area contributed by atoms with E-state index >= 15 is 0 Å². The van der Waals surface area contributed by atoms with Crippen LogP contribution in [0.15, 0.2) is 54.6 Å². The van der Waals surface area contributed by atoms with Gasteiger partial charge in [-0.3, -0.25) is 4.79 Å². The first-order valence-corrected chi connectivity index (χ1v) is 6.56. The van der Waals surface area contributed by atoms with Gasteiger partial charge in [-0.25, -0.2) is 0 Å². The highest BCUT2D eigenvalue weighted by Crippen LogP contribution is 2.18. The van der Waals surface area contributed by atoms with Crippen LogP contribution in [0.25, 0.3) is 5.57 Å². The molecule has 0 spiro atoms. The number of rotatable bonds is 3. The number of carbonyl (C=O) groups is 1. The third-order valence-corrected chi connectivity index (χ3v) is 3.28. The second-order valence-electron chi connectivity index (χ2n) is 4.21. The van der Waals surface area contributed by atoms with Crippen LogP contribution in [-0.2, 0) is 0 Å². The molecule has 104 valence electrons. The molecule has 0 saturated carbocycles. The number of benzene rings is 2. The van der Waals surface area contributed by atoms with Crippen molar-refractivity contribution >= 4 is 51.5 Å². The lowest BCUT2D eigenvalue weighted by Gasteiger charge is -2.02. The van der Waals surface area contributed by atoms with E-state index in [4.69, 9.17) is 23.2 Å². The Morgan fingerprint density at radius 3 is 1.70 bits per heavy atom. The van der Waals surface area contributed by atoms with Gasteiger partial charge < -0.3 is 0 Å². The minimum Gasteiger partial charge on any atom is -0.289 e. The fourth-order valence-electron chi connectivity index (χ4n) is 1.69. The number of allylic oxidation sites excluding steroid dienone is 2. The molecule has 2 aromatic rings. The van der Waals surface area contributed by atoms with Crippen LogP contribution in [-0.4, -0.2) is 5.78 Å². The van der Waals surface area contributed by atoms with E-state index in [1.807, 2.05) is 19.1 Å². The normalized spacial score (nSPS) is 10.8. The van der Waals surface area contributed by atoms with Crippen molar-refractivity contribution in [3.8, 4) is 0 Å². The number of hydrogen-bond donors (Lipinski definition) is 0. The van der Waals surface area contributed by atoms with Gasteiger partial charge in [-0.2, -0.15) is 0 Å². The maximum atomic E-state index is 12.1. The van der Waals surface area contributed by atoms with Gasteiger partial charge in [0.05, 0.1) is 0 Å². The molecule has 0 bridgehead atoms. The van der Waals surface area contributed by atoms with Crippen LogP contribution in [0.4, 0.5) is 0 Å². The minimum absolute atomic E-state index is 0. The molecule has 4 heteroatoms. The maximum Gasteiger partial charge on any atom is 0.186 e. The predicted molar refractivity (Wildman–Crippen MR) is 91.2 cm³/mol. The average molecular weight is 372 g/mol. The Bertz CT molecular complexity index is 616. The van der Waals surface area contributed by atoms with E-state index in [0.717, 1.165) is 11.1 Å². The lowest BCUT2D eigenvalue weighted by Crippen LogP contribution is -1.95. The fourth-order valence-corrected chi connectivity index (χ4v) is 1.94. The molecule has 0 fully saturated rings. The van der Waals surface area contributed by atoms with Gasteiger partial charge in [0, 0.05) is 15.6 Å². The van der Waals surface area contributed by atoms with Gasteiger partial charge >= 0.3 is 0 Å². The van der Waals surface area contributed by atoms with Crippen molar-refractivity contribution in [1.29, 1.82) is 0 Å². The molecule has 0 aromatic heterocycles. The predicted octanol–water partition coefficient (Wildman–Crippen LogP) is 5.86. The summed E-state index contributed by atoms with van der Waals surface area (Å²) in [6, 6.07) is 14.3. The van der Waals surface area contributed by atoms with E-state index < -0.39 is 0 Å². The van der Waals surface area contributed by atoms with Crippen molar-refractivity contribution in [2.75, 3.05) is 0 Å². The van der Waals surface area contributed by atoms with E-state index in [9.17, 15) is 4.79 Å². The summed E-state index contributed by atoms with van der Waals surface area (Å²) in [6.45, 7) is 1.90. The molecule has 2 aromatic carbocycles. The van der Waals surface area contributed by atoms with Gasteiger partial charge in [0.25, 0.3) is 0 Å². The minimum atomic E-state index is -0.0379. The molecule has 0 unspecified atom stereocenters. The van der Waals surface area contributed by atoms with Crippen molar-refractivity contribution in [2.24, 2.45) is 0 Å². The Balaban J connectivity index is 0.00000200. The summed E-state index contributed by atoms with van der Waals surface area (Å²) in [4.78, 5) is 12.1. The van der Waals surface area contributed by atoms with Gasteiger partial charge in [0.1, 0.15) is 0 Å². The van der Waals surface area contributed by atoms with Gasteiger partial charge in [-0.05, 0) is 60.5 Å². The Labute approximate surface area is 139 Å². The lowest BCUT2D eigenvalue weighted by molar-refractivity contribution is 0.104. The van der Waals surface area contributed by atoms with Crippen LogP contribution in [0.2, 0.25) is 10.0 Å². The largest absolute Gasteiger partial charge is 0.289 e. The van der Waals surface area contributed by atoms with E-state index in [-0.39, 0.29) is 22.8 Å². The smallest absolute Gasteiger partial charge is 0.186 e. The summed E-state index contributed by atoms with van der Waals surface area (Å²) in [6.07, 6.45) is 1.62. The average Bonchev–Trinajstić information content (AvgIpc) is 2.40. The van der Waals surface area contributed by atoms with Crippen molar-refractivity contribution in [2.45, 2.75) is 6.92 Å². The van der Waals surface area contributed by atoms with Crippen molar-refractivity contribution in [3.05, 3.63) is 75.8 Å². The van der Waals surface area contributed by atoms with Crippen LogP contribution < -0.4 is 0 Å². The topological polar surface area (TPSA) is 17.1 Å². The summed E-state index contributed by atoms with van der Waals surface area (Å²) in [7, 11) is 0. The molecule has 0 radical (unpaired) electrons. The highest BCUT2D eigenvalue weighted by Gasteiger charge is 2.04. The molecular formula is C16H13BrCl2O. The molecule has 0 aliphatic heterocycles. The van der Waals surface area contributed by atoms with Gasteiger partial charge in [-0.1, -0.05) is 35.3 Å². The van der Waals surface area contributed by atoms with Crippen LogP contribution in [0.3, 0.4) is 0 Å². The van der Waals surface area contributed by atoms with E-state index in [2.05, 4.69) is 0 Å². The Hall–Kier alpha value is -1.09. The summed E-state index contributed by atoms with van der Waals surface area (Å²) in [5.74, 6) is -0.0379. The zero-order valence-corrected chi connectivity index (χ0v) is 14.0. The summed E-state index contributed by atoms with van der Waals surface area (Å²) in [5.41, 5.74) is 2.50. The highest BCUT2D eigenvalue weighted by molar-refractivity contribution is 8.93. The summed E-state index contributed by atoms with van der Waals surface area (Å²) >= 11 is 11.6. The van der Waals surface area contributed by atoms with Crippen LogP contribution in [0.1, 0.15) is 22.8 Å². The Morgan fingerprint density at radius 1 is 0.850 bits per heavy atom. The standard InChI is InChI=1S/C16H12Cl2O.BrH/c1-11(12-2-6-14(17)7-3-12)10-16(19)13-4-8-15(18)9-5-13;/h2-10H,1H3;1H. The van der Waals surface area contributed by atoms with Crippen molar-refractivity contribution in [1.82, 2.24) is 0 Å². The quantitative estimate of drug-likeness (QED) is 0.488. The molecule has 0 atom stereocenters. The number of carbonyl (C=O) groups excluding carboxylic acids is 1. The zero-order chi connectivity index (χ0) is 13.8. The first-order chi connectivity index (χ1) is 9.06. The highest BCUT2D eigenvalue weighted by atomic mass is 79.9. The second-order valence-corrected chi connectivity index (χ2v) is 5.08. The molecule has 0 aliphatic rings. The fraction of sp³-hybridized carbons (Fsp3) is 0.0625. The van der Waals surface area contributed by atoms with E-state index in [0.29, 0.717) is 15.6 Å². The molecule has 0 aliphatic carbocycles. The summed E-state index contributed by atoms with van der Waals surface area (Å²) in [5, 5.41) is 1.30. The zero-order valence-electron chi connectivity index (χ0n) is 10.8. The second kappa shape index (κ2) is 7.63. The summed E-state index contributed by atoms with van der Waals surface area (Å²) < 4.78 is 0. The molecule has 2 rings (SSSR count). The van der Waals surface area contributed by atoms with Crippen LogP contribution >= 0.6 is 40.2 Å². The third kappa shape index (κ3) is 4.48. The molecule has 0 N–H and O–H groups in total. The van der Waals surface area contributed by atoms with Gasteiger partial charge in [0.2, 0.25) is 0 Å². The van der Waals surface area contributed by atoms with Gasteiger partial charge in [0.15, 0.2) is 5.78 Å². The molecular weight excluding hydrogens is 359 g/mol. The van der Waals surface area contributed by atoms with Crippen LogP contribution in [0, 0.1) is 0 Å². The number of ketones is 1. The van der Waals surface area contributed by atoms with Gasteiger partial charge in [-0.15, -0.1) is 17.0 Å². The maximum absolute atomic E-state index is 12.1. The van der Waals surface area contributed by atoms with Crippen LogP contribution in [0.5, 0.6) is 0 Å². The Kier molecular flexibility index (Phi) is 6.47. The SMILES string of the molecule is Br.CC(=CC(=O)c1ccc(Cl)cc1)c1ccc(Cl)cc1. The first-order valence-electron chi connectivity index (χ1n) is 5.80. The lowest BCUT2D eigenvalue weighted by atomic mass is 10.0. The van der Waals surface area contributed by atoms with E-state index in [1.54, 1.807) is 42.5 Å². The molecule has 0 heterocycles. The third-order valence-electron chi connectivity index (χ3n) is 2.78. The number of halogens is 3. The first kappa shape index (κ1) is 17.0. The molecule has 0 saturated heterocycles. The Morgan fingerprint density at radius 2 is 1.25 bits per heavy atom. The van der Waals surface area contributed by atoms with Crippen molar-refractivity contribution < 1.29 is 4.79 Å². The number of hydrogen-bond acceptors (Lipinski definition) is 1. The molecule has 20 heavy (non-hydrogen) atoms. The molecule has 0 amide bonds. The monoisotopic (exact) mass is 370 g/mol. The van der Waals surface area contributed by atoms with E-state index in [1.165, 1.54) is 0 Å².